The standard InChI is InChI=1S/C25H45FN6O/c26-21-4-3-5-22(15-21)29-25(33)28-16-23-14-19-7-9-32(23)18-20(19)17-30-10-12-31(13-11-30)24-6-1-2-8-27-24/h19-24,27H,1-18H2,(H2,28,29,33)/p+2. The average Bonchev–Trinajstić information content (AvgIpc) is 2.84. The minimum atomic E-state index is -0.751. The summed E-state index contributed by atoms with van der Waals surface area (Å²) in [6.07, 6.45) is 9.65. The van der Waals surface area contributed by atoms with Crippen molar-refractivity contribution in [2.45, 2.75) is 82.2 Å². The first-order chi connectivity index (χ1) is 16.1. The molecule has 0 radical (unpaired) electrons. The Morgan fingerprint density at radius 2 is 1.91 bits per heavy atom. The summed E-state index contributed by atoms with van der Waals surface area (Å²) in [5.74, 6) is 1.63. The van der Waals surface area contributed by atoms with Gasteiger partial charge < -0.3 is 25.8 Å². The molecule has 0 aromatic carbocycles. The molecule has 33 heavy (non-hydrogen) atoms. The van der Waals surface area contributed by atoms with Crippen molar-refractivity contribution in [3.05, 3.63) is 0 Å². The summed E-state index contributed by atoms with van der Waals surface area (Å²) in [6, 6.07) is 0.454. The number of amides is 2. The zero-order chi connectivity index (χ0) is 22.6. The summed E-state index contributed by atoms with van der Waals surface area (Å²) in [5, 5.41) is 8.70. The molecule has 7 nitrogen and oxygen atoms in total. The van der Waals surface area contributed by atoms with Gasteiger partial charge >= 0.3 is 6.03 Å². The number of halogens is 1. The second-order valence-corrected chi connectivity index (χ2v) is 11.6. The lowest BCUT2D eigenvalue weighted by Crippen LogP contribution is -3.20. The fraction of sp³-hybridized carbons (Fsp3) is 0.960. The molecule has 7 atom stereocenters. The van der Waals surface area contributed by atoms with Gasteiger partial charge in [0.25, 0.3) is 0 Å². The van der Waals surface area contributed by atoms with E-state index in [4.69, 9.17) is 0 Å². The smallest absolute Gasteiger partial charge is 0.315 e. The van der Waals surface area contributed by atoms with E-state index in [1.54, 1.807) is 4.90 Å². The van der Waals surface area contributed by atoms with Crippen LogP contribution in [0.2, 0.25) is 0 Å². The van der Waals surface area contributed by atoms with Crippen molar-refractivity contribution in [2.75, 3.05) is 58.9 Å². The van der Waals surface area contributed by atoms with Gasteiger partial charge in [0.2, 0.25) is 0 Å². The molecule has 8 heteroatoms. The molecule has 0 aromatic rings. The van der Waals surface area contributed by atoms with Crippen LogP contribution < -0.4 is 20.9 Å². The third kappa shape index (κ3) is 6.19. The van der Waals surface area contributed by atoms with Crippen molar-refractivity contribution in [1.82, 2.24) is 20.4 Å². The zero-order valence-electron chi connectivity index (χ0n) is 20.5. The average molecular weight is 467 g/mol. The number of piperidine rings is 4. The highest BCUT2D eigenvalue weighted by Crippen LogP contribution is 2.28. The molecule has 1 aliphatic carbocycles. The number of nitrogens with one attached hydrogen (secondary N) is 3. The Kier molecular flexibility index (Phi) is 8.06. The Morgan fingerprint density at radius 3 is 2.64 bits per heavy atom. The first kappa shape index (κ1) is 23.8. The van der Waals surface area contributed by atoms with Crippen LogP contribution in [0.25, 0.3) is 0 Å². The number of quaternary nitrogens is 2. The van der Waals surface area contributed by atoms with Crippen LogP contribution in [-0.2, 0) is 0 Å². The summed E-state index contributed by atoms with van der Waals surface area (Å²) in [5.41, 5.74) is 0. The number of rotatable bonds is 6. The second kappa shape index (κ2) is 11.2. The summed E-state index contributed by atoms with van der Waals surface area (Å²) in [7, 11) is 0. The Hall–Kier alpha value is -0.960. The van der Waals surface area contributed by atoms with Crippen molar-refractivity contribution in [1.29, 1.82) is 0 Å². The number of piperazine rings is 1. The molecule has 5 N–H and O–H groups in total. The maximum Gasteiger partial charge on any atom is 0.315 e. The number of nitrogens with two attached hydrogens (primary N) is 1. The van der Waals surface area contributed by atoms with E-state index in [1.165, 1.54) is 84.5 Å². The van der Waals surface area contributed by atoms with Crippen LogP contribution in [0.3, 0.4) is 0 Å². The van der Waals surface area contributed by atoms with Crippen LogP contribution in [-0.4, -0.2) is 99.2 Å². The number of carbonyl (C=O) groups excluding carboxylic acids is 1. The summed E-state index contributed by atoms with van der Waals surface area (Å²) in [4.78, 5) is 19.5. The van der Waals surface area contributed by atoms with Gasteiger partial charge in [-0.15, -0.1) is 0 Å². The van der Waals surface area contributed by atoms with E-state index in [9.17, 15) is 9.18 Å². The van der Waals surface area contributed by atoms with E-state index in [0.29, 0.717) is 18.9 Å². The number of hydrogen-bond acceptors (Lipinski definition) is 3. The molecule has 5 heterocycles. The van der Waals surface area contributed by atoms with Gasteiger partial charge in [-0.05, 0) is 44.4 Å². The largest absolute Gasteiger partial charge is 0.335 e. The van der Waals surface area contributed by atoms with Crippen LogP contribution in [0.5, 0.6) is 0 Å². The Morgan fingerprint density at radius 1 is 1.03 bits per heavy atom. The molecular formula is C25H47FN6O+2. The quantitative estimate of drug-likeness (QED) is 0.429. The Balaban J connectivity index is 1.02. The normalized spacial score (nSPS) is 40.5. The molecule has 6 fully saturated rings. The van der Waals surface area contributed by atoms with Crippen LogP contribution in [0, 0.1) is 11.8 Å². The molecule has 0 aromatic heterocycles. The van der Waals surface area contributed by atoms with Gasteiger partial charge in [0, 0.05) is 63.9 Å². The molecule has 1 saturated carbocycles. The predicted octanol–water partition coefficient (Wildman–Crippen LogP) is -0.449. The third-order valence-electron chi connectivity index (χ3n) is 9.41. The zero-order valence-corrected chi connectivity index (χ0v) is 20.5. The minimum absolute atomic E-state index is 0.00469. The van der Waals surface area contributed by atoms with Crippen molar-refractivity contribution < 1.29 is 19.4 Å². The number of urea groups is 1. The number of hydrogen-bond donors (Lipinski definition) is 4. The molecule has 188 valence electrons. The van der Waals surface area contributed by atoms with Crippen LogP contribution in [0.15, 0.2) is 0 Å². The molecule has 6 rings (SSSR count). The lowest BCUT2D eigenvalue weighted by molar-refractivity contribution is -0.945. The Bertz CT molecular complexity index is 638. The molecule has 5 saturated heterocycles. The van der Waals surface area contributed by atoms with Gasteiger partial charge in [-0.3, -0.25) is 4.90 Å². The molecule has 2 amide bonds. The van der Waals surface area contributed by atoms with Crippen LogP contribution >= 0.6 is 0 Å². The summed E-state index contributed by atoms with van der Waals surface area (Å²) >= 11 is 0. The molecule has 6 aliphatic rings. The summed E-state index contributed by atoms with van der Waals surface area (Å²) in [6.45, 7) is 10.8. The second-order valence-electron chi connectivity index (χ2n) is 11.6. The highest BCUT2D eigenvalue weighted by molar-refractivity contribution is 5.74. The number of fused-ring (bicyclic) bond motifs is 3. The molecule has 5 aliphatic heterocycles. The molecular weight excluding hydrogens is 419 g/mol. The first-order valence-electron chi connectivity index (χ1n) is 14.0. The van der Waals surface area contributed by atoms with Crippen molar-refractivity contribution >= 4 is 6.03 Å². The van der Waals surface area contributed by atoms with Gasteiger partial charge in [-0.2, -0.15) is 0 Å². The van der Waals surface area contributed by atoms with Gasteiger partial charge in [-0.25, -0.2) is 9.18 Å². The van der Waals surface area contributed by atoms with Gasteiger partial charge in [0.15, 0.2) is 0 Å². The van der Waals surface area contributed by atoms with Gasteiger partial charge in [0.05, 0.1) is 26.2 Å². The van der Waals surface area contributed by atoms with E-state index in [2.05, 4.69) is 25.8 Å². The first-order valence-corrected chi connectivity index (χ1v) is 14.0. The van der Waals surface area contributed by atoms with E-state index in [1.807, 2.05) is 0 Å². The lowest BCUT2D eigenvalue weighted by Gasteiger charge is -2.49. The molecule has 7 unspecified atom stereocenters. The van der Waals surface area contributed by atoms with Crippen molar-refractivity contribution in [3.8, 4) is 0 Å². The highest BCUT2D eigenvalue weighted by atomic mass is 19.1. The van der Waals surface area contributed by atoms with Crippen molar-refractivity contribution in [3.63, 3.8) is 0 Å². The van der Waals surface area contributed by atoms with Gasteiger partial charge in [0.1, 0.15) is 18.4 Å². The molecule has 2 bridgehead atoms. The maximum absolute atomic E-state index is 13.6. The third-order valence-corrected chi connectivity index (χ3v) is 9.41. The minimum Gasteiger partial charge on any atom is -0.335 e. The van der Waals surface area contributed by atoms with Crippen LogP contribution in [0.1, 0.15) is 57.8 Å². The van der Waals surface area contributed by atoms with Gasteiger partial charge in [-0.1, -0.05) is 0 Å². The lowest BCUT2D eigenvalue weighted by atomic mass is 9.75. The maximum atomic E-state index is 13.6. The monoisotopic (exact) mass is 466 g/mol. The predicted molar refractivity (Wildman–Crippen MR) is 127 cm³/mol. The van der Waals surface area contributed by atoms with E-state index in [-0.39, 0.29) is 12.1 Å². The highest BCUT2D eigenvalue weighted by Gasteiger charge is 2.44. The fourth-order valence-corrected chi connectivity index (χ4v) is 7.45. The van der Waals surface area contributed by atoms with Crippen molar-refractivity contribution in [2.24, 2.45) is 11.8 Å². The number of nitrogens with zero attached hydrogens (tertiary/aromatic N) is 2. The Labute approximate surface area is 199 Å². The van der Waals surface area contributed by atoms with Crippen LogP contribution in [0.4, 0.5) is 9.18 Å². The van der Waals surface area contributed by atoms with E-state index >= 15 is 0 Å². The number of alkyl halides is 1. The summed E-state index contributed by atoms with van der Waals surface area (Å²) < 4.78 is 13.6. The fourth-order valence-electron chi connectivity index (χ4n) is 7.45. The van der Waals surface area contributed by atoms with E-state index < -0.39 is 6.17 Å². The SMILES string of the molecule is O=C(NCC1CC2CC[NH+]1CC2CN1CCN(C2CCCC[NH2+]2)CC1)NC1CCCC(F)C1. The number of carbonyl (C=O) groups is 1. The topological polar surface area (TPSA) is 68.7 Å². The molecule has 0 spiro atoms. The van der Waals surface area contributed by atoms with E-state index in [0.717, 1.165) is 37.4 Å².